The second-order valence-electron chi connectivity index (χ2n) is 9.83. The maximum absolute atomic E-state index is 12.4. The van der Waals surface area contributed by atoms with Gasteiger partial charge in [0, 0.05) is 57.1 Å². The third-order valence-corrected chi connectivity index (χ3v) is 7.22. The second kappa shape index (κ2) is 10.9. The molecule has 0 bridgehead atoms. The van der Waals surface area contributed by atoms with E-state index in [1.54, 1.807) is 0 Å². The molecule has 2 aromatic rings. The number of anilines is 1. The van der Waals surface area contributed by atoms with Gasteiger partial charge in [0.1, 0.15) is 0 Å². The number of nitrogens with zero attached hydrogens (tertiary/aromatic N) is 4. The zero-order valence-corrected chi connectivity index (χ0v) is 19.6. The van der Waals surface area contributed by atoms with Crippen molar-refractivity contribution in [2.75, 3.05) is 25.5 Å². The molecule has 172 valence electrons. The maximum Gasteiger partial charge on any atom is 0.225 e. The van der Waals surface area contributed by atoms with Crippen molar-refractivity contribution in [2.24, 2.45) is 11.8 Å². The molecule has 0 saturated heterocycles. The van der Waals surface area contributed by atoms with E-state index >= 15 is 0 Å². The van der Waals surface area contributed by atoms with E-state index < -0.39 is 0 Å². The van der Waals surface area contributed by atoms with Crippen LogP contribution in [-0.2, 0) is 4.79 Å². The summed E-state index contributed by atoms with van der Waals surface area (Å²) in [4.78, 5) is 28.1. The van der Waals surface area contributed by atoms with Crippen molar-refractivity contribution >= 4 is 11.9 Å². The smallest absolute Gasteiger partial charge is 0.225 e. The van der Waals surface area contributed by atoms with E-state index in [0.29, 0.717) is 17.8 Å². The molecular weight excluding hydrogens is 398 g/mol. The zero-order chi connectivity index (χ0) is 22.3. The molecule has 2 aliphatic carbocycles. The van der Waals surface area contributed by atoms with Crippen LogP contribution in [0.5, 0.6) is 0 Å². The molecule has 2 saturated carbocycles. The first-order valence-corrected chi connectivity index (χ1v) is 12.3. The van der Waals surface area contributed by atoms with E-state index in [1.807, 2.05) is 49.7 Å². The summed E-state index contributed by atoms with van der Waals surface area (Å²) in [6, 6.07) is 4.07. The lowest BCUT2D eigenvalue weighted by Crippen LogP contribution is -2.32. The van der Waals surface area contributed by atoms with Gasteiger partial charge in [-0.05, 0) is 68.1 Å². The number of pyridine rings is 1. The molecule has 0 radical (unpaired) electrons. The molecule has 0 unspecified atom stereocenters. The Hall–Kier alpha value is -2.50. The topological polar surface area (TPSA) is 71.0 Å². The Bertz CT molecular complexity index is 871. The molecule has 0 aromatic carbocycles. The third kappa shape index (κ3) is 5.84. The first-order valence-electron chi connectivity index (χ1n) is 12.3. The Labute approximate surface area is 192 Å². The van der Waals surface area contributed by atoms with Crippen LogP contribution in [0.15, 0.2) is 30.7 Å². The predicted molar refractivity (Wildman–Crippen MR) is 128 cm³/mol. The van der Waals surface area contributed by atoms with Crippen LogP contribution in [0.2, 0.25) is 0 Å². The second-order valence-corrected chi connectivity index (χ2v) is 9.83. The van der Waals surface area contributed by atoms with Gasteiger partial charge in [0.05, 0.1) is 5.69 Å². The number of carbonyl (C=O) groups is 1. The average molecular weight is 436 g/mol. The summed E-state index contributed by atoms with van der Waals surface area (Å²) in [5.41, 5.74) is 3.38. The lowest BCUT2D eigenvalue weighted by molar-refractivity contribution is -0.122. The number of hydrogen-bond acceptors (Lipinski definition) is 5. The largest absolute Gasteiger partial charge is 0.356 e. The standard InChI is InChI=1S/C26H37N5O/c1-31(2)26-29-18-23(21-12-14-27-15-13-21)25(30-26)22-10-8-20(9-11-22)17-28-24(32)16-19-6-4-3-5-7-19/h12-15,18-20,22H,3-11,16-17H2,1-2H3,(H,28,32). The van der Waals surface area contributed by atoms with Crippen LogP contribution < -0.4 is 10.2 Å². The van der Waals surface area contributed by atoms with E-state index in [-0.39, 0.29) is 5.91 Å². The van der Waals surface area contributed by atoms with E-state index in [2.05, 4.69) is 15.3 Å². The van der Waals surface area contributed by atoms with Gasteiger partial charge in [0.2, 0.25) is 11.9 Å². The van der Waals surface area contributed by atoms with Gasteiger partial charge in [-0.15, -0.1) is 0 Å². The molecule has 1 N–H and O–H groups in total. The molecule has 2 aromatic heterocycles. The predicted octanol–water partition coefficient (Wildman–Crippen LogP) is 4.97. The molecular formula is C26H37N5O. The number of amides is 1. The highest BCUT2D eigenvalue weighted by atomic mass is 16.1. The SMILES string of the molecule is CN(C)c1ncc(-c2ccncc2)c(C2CCC(CNC(=O)CC3CCCCC3)CC2)n1. The van der Waals surface area contributed by atoms with Gasteiger partial charge in [-0.25, -0.2) is 9.97 Å². The highest BCUT2D eigenvalue weighted by Crippen LogP contribution is 2.39. The van der Waals surface area contributed by atoms with Gasteiger partial charge in [0.15, 0.2) is 0 Å². The number of carbonyl (C=O) groups excluding carboxylic acids is 1. The first-order chi connectivity index (χ1) is 15.6. The molecule has 2 aliphatic rings. The molecule has 1 amide bonds. The summed E-state index contributed by atoms with van der Waals surface area (Å²) < 4.78 is 0. The summed E-state index contributed by atoms with van der Waals surface area (Å²) in [7, 11) is 3.97. The minimum Gasteiger partial charge on any atom is -0.356 e. The normalized spacial score (nSPS) is 21.8. The van der Waals surface area contributed by atoms with Crippen molar-refractivity contribution < 1.29 is 4.79 Å². The monoisotopic (exact) mass is 435 g/mol. The van der Waals surface area contributed by atoms with Crippen molar-refractivity contribution in [3.8, 4) is 11.1 Å². The summed E-state index contributed by atoms with van der Waals surface area (Å²) in [6.07, 6.45) is 17.2. The molecule has 0 atom stereocenters. The fourth-order valence-electron chi connectivity index (χ4n) is 5.29. The molecule has 2 fully saturated rings. The van der Waals surface area contributed by atoms with Gasteiger partial charge < -0.3 is 10.2 Å². The zero-order valence-electron chi connectivity index (χ0n) is 19.6. The Morgan fingerprint density at radius 1 is 1.00 bits per heavy atom. The fourth-order valence-corrected chi connectivity index (χ4v) is 5.29. The number of aromatic nitrogens is 3. The van der Waals surface area contributed by atoms with Crippen molar-refractivity contribution in [1.29, 1.82) is 0 Å². The Kier molecular flexibility index (Phi) is 7.72. The Morgan fingerprint density at radius 3 is 2.41 bits per heavy atom. The van der Waals surface area contributed by atoms with E-state index in [1.165, 1.54) is 32.1 Å². The van der Waals surface area contributed by atoms with E-state index in [0.717, 1.165) is 61.4 Å². The summed E-state index contributed by atoms with van der Waals surface area (Å²) in [6.45, 7) is 0.822. The van der Waals surface area contributed by atoms with Crippen LogP contribution in [0, 0.1) is 11.8 Å². The van der Waals surface area contributed by atoms with Crippen LogP contribution in [0.3, 0.4) is 0 Å². The third-order valence-electron chi connectivity index (χ3n) is 7.22. The summed E-state index contributed by atoms with van der Waals surface area (Å²) in [5, 5.41) is 3.24. The van der Waals surface area contributed by atoms with Gasteiger partial charge in [-0.2, -0.15) is 0 Å². The van der Waals surface area contributed by atoms with E-state index in [4.69, 9.17) is 4.98 Å². The quantitative estimate of drug-likeness (QED) is 0.665. The number of rotatable bonds is 7. The van der Waals surface area contributed by atoms with Crippen LogP contribution in [-0.4, -0.2) is 41.5 Å². The van der Waals surface area contributed by atoms with Gasteiger partial charge >= 0.3 is 0 Å². The van der Waals surface area contributed by atoms with Crippen LogP contribution in [0.25, 0.3) is 11.1 Å². The molecule has 0 aliphatic heterocycles. The molecule has 32 heavy (non-hydrogen) atoms. The fraction of sp³-hybridized carbons (Fsp3) is 0.615. The summed E-state index contributed by atoms with van der Waals surface area (Å²) in [5.74, 6) is 2.62. The van der Waals surface area contributed by atoms with Crippen LogP contribution in [0.4, 0.5) is 5.95 Å². The molecule has 2 heterocycles. The molecule has 4 rings (SSSR count). The van der Waals surface area contributed by atoms with Crippen molar-refractivity contribution in [3.05, 3.63) is 36.4 Å². The minimum atomic E-state index is 0.255. The molecule has 6 nitrogen and oxygen atoms in total. The lowest BCUT2D eigenvalue weighted by Gasteiger charge is -2.30. The molecule has 0 spiro atoms. The molecule has 6 heteroatoms. The highest BCUT2D eigenvalue weighted by Gasteiger charge is 2.27. The lowest BCUT2D eigenvalue weighted by atomic mass is 9.79. The minimum absolute atomic E-state index is 0.255. The van der Waals surface area contributed by atoms with Gasteiger partial charge in [-0.1, -0.05) is 19.3 Å². The Balaban J connectivity index is 1.35. The van der Waals surface area contributed by atoms with Gasteiger partial charge in [0.25, 0.3) is 0 Å². The van der Waals surface area contributed by atoms with Gasteiger partial charge in [-0.3, -0.25) is 9.78 Å². The number of hydrogen-bond donors (Lipinski definition) is 1. The van der Waals surface area contributed by atoms with E-state index in [9.17, 15) is 4.79 Å². The van der Waals surface area contributed by atoms with Crippen LogP contribution >= 0.6 is 0 Å². The summed E-state index contributed by atoms with van der Waals surface area (Å²) >= 11 is 0. The average Bonchev–Trinajstić information content (AvgIpc) is 2.84. The number of nitrogens with one attached hydrogen (secondary N) is 1. The van der Waals surface area contributed by atoms with Crippen LogP contribution in [0.1, 0.15) is 75.8 Å². The Morgan fingerprint density at radius 2 is 1.72 bits per heavy atom. The van der Waals surface area contributed by atoms with Crippen molar-refractivity contribution in [2.45, 2.75) is 70.1 Å². The maximum atomic E-state index is 12.4. The first kappa shape index (κ1) is 22.7. The highest BCUT2D eigenvalue weighted by molar-refractivity contribution is 5.76. The van der Waals surface area contributed by atoms with Crippen molar-refractivity contribution in [1.82, 2.24) is 20.3 Å². The van der Waals surface area contributed by atoms with Crippen molar-refractivity contribution in [3.63, 3.8) is 0 Å².